The molecule has 1 heterocycles. The number of phenolic OH excluding ortho intramolecular Hbond substituents is 1. The molecule has 164 valence electrons. The number of rotatable bonds is 6. The molecular formula is C25H28O6. The molecule has 0 aliphatic rings. The zero-order valence-electron chi connectivity index (χ0n) is 18.5. The van der Waals surface area contributed by atoms with E-state index in [1.54, 1.807) is 6.07 Å². The average Bonchev–Trinajstić information content (AvgIpc) is 2.70. The summed E-state index contributed by atoms with van der Waals surface area (Å²) in [5, 5.41) is 31.6. The molecule has 0 amide bonds. The van der Waals surface area contributed by atoms with Crippen LogP contribution in [0.2, 0.25) is 0 Å². The lowest BCUT2D eigenvalue weighted by atomic mass is 9.95. The number of aliphatic hydroxyl groups excluding tert-OH is 1. The molecule has 0 bridgehead atoms. The second-order valence-corrected chi connectivity index (χ2v) is 8.07. The predicted octanol–water partition coefficient (Wildman–Crippen LogP) is 4.88. The third-order valence-electron chi connectivity index (χ3n) is 5.30. The summed E-state index contributed by atoms with van der Waals surface area (Å²) in [4.78, 5) is 13.6. The van der Waals surface area contributed by atoms with Crippen molar-refractivity contribution in [2.24, 2.45) is 0 Å². The van der Waals surface area contributed by atoms with Crippen LogP contribution in [0.1, 0.15) is 44.4 Å². The monoisotopic (exact) mass is 424 g/mol. The van der Waals surface area contributed by atoms with Gasteiger partial charge in [-0.15, -0.1) is 0 Å². The fraction of sp³-hybridized carbons (Fsp3) is 0.320. The van der Waals surface area contributed by atoms with Crippen LogP contribution in [0.4, 0.5) is 0 Å². The number of hydrogen-bond donors (Lipinski definition) is 3. The molecule has 3 aromatic rings. The predicted molar refractivity (Wildman–Crippen MR) is 122 cm³/mol. The highest BCUT2D eigenvalue weighted by atomic mass is 16.5. The Morgan fingerprint density at radius 2 is 1.52 bits per heavy atom. The van der Waals surface area contributed by atoms with Crippen LogP contribution in [0.5, 0.6) is 17.2 Å². The van der Waals surface area contributed by atoms with Gasteiger partial charge in [0.25, 0.3) is 0 Å². The molecule has 0 atom stereocenters. The molecule has 0 saturated carbocycles. The highest BCUT2D eigenvalue weighted by molar-refractivity contribution is 5.97. The Kier molecular flexibility index (Phi) is 6.41. The normalized spacial score (nSPS) is 11.0. The quantitative estimate of drug-likeness (QED) is 0.385. The SMILES string of the molecule is COc1cc2oc3cc(O)c(CO)c(CC=C(C)C)c3c(=O)c2c(O)c1CC=C(C)C. The van der Waals surface area contributed by atoms with E-state index in [1.807, 2.05) is 39.8 Å². The Morgan fingerprint density at radius 3 is 2.06 bits per heavy atom. The third-order valence-corrected chi connectivity index (χ3v) is 5.30. The van der Waals surface area contributed by atoms with Crippen molar-refractivity contribution in [1.82, 2.24) is 0 Å². The van der Waals surface area contributed by atoms with Crippen LogP contribution in [0, 0.1) is 0 Å². The van der Waals surface area contributed by atoms with E-state index >= 15 is 0 Å². The first-order valence-electron chi connectivity index (χ1n) is 10.1. The lowest BCUT2D eigenvalue weighted by molar-refractivity contribution is 0.274. The summed E-state index contributed by atoms with van der Waals surface area (Å²) in [6.45, 7) is 7.32. The smallest absolute Gasteiger partial charge is 0.204 e. The Hall–Kier alpha value is -3.25. The Morgan fingerprint density at radius 1 is 0.935 bits per heavy atom. The van der Waals surface area contributed by atoms with Crippen LogP contribution in [0.15, 0.2) is 44.6 Å². The minimum atomic E-state index is -0.425. The van der Waals surface area contributed by atoms with Crippen molar-refractivity contribution in [3.8, 4) is 17.2 Å². The van der Waals surface area contributed by atoms with Gasteiger partial charge in [0, 0.05) is 23.3 Å². The van der Waals surface area contributed by atoms with Gasteiger partial charge in [-0.05, 0) is 46.1 Å². The first-order valence-corrected chi connectivity index (χ1v) is 10.1. The maximum absolute atomic E-state index is 13.6. The molecular weight excluding hydrogens is 396 g/mol. The largest absolute Gasteiger partial charge is 0.507 e. The van der Waals surface area contributed by atoms with Crippen molar-refractivity contribution in [2.75, 3.05) is 7.11 Å². The van der Waals surface area contributed by atoms with Crippen LogP contribution in [-0.2, 0) is 19.4 Å². The van der Waals surface area contributed by atoms with Gasteiger partial charge in [-0.3, -0.25) is 4.79 Å². The topological polar surface area (TPSA) is 100 Å². The molecule has 0 saturated heterocycles. The zero-order valence-corrected chi connectivity index (χ0v) is 18.5. The molecule has 0 unspecified atom stereocenters. The van der Waals surface area contributed by atoms with Gasteiger partial charge in [-0.25, -0.2) is 0 Å². The highest BCUT2D eigenvalue weighted by Gasteiger charge is 2.22. The summed E-state index contributed by atoms with van der Waals surface area (Å²) in [6.07, 6.45) is 4.58. The molecule has 3 rings (SSSR count). The second kappa shape index (κ2) is 8.86. The summed E-state index contributed by atoms with van der Waals surface area (Å²) in [5.41, 5.74) is 3.28. The van der Waals surface area contributed by atoms with Gasteiger partial charge in [0.1, 0.15) is 33.8 Å². The fourth-order valence-corrected chi connectivity index (χ4v) is 3.67. The molecule has 6 heteroatoms. The minimum Gasteiger partial charge on any atom is -0.507 e. The van der Waals surface area contributed by atoms with E-state index in [-0.39, 0.29) is 39.0 Å². The van der Waals surface area contributed by atoms with E-state index in [4.69, 9.17) is 9.15 Å². The molecule has 3 N–H and O–H groups in total. The van der Waals surface area contributed by atoms with Crippen molar-refractivity contribution < 1.29 is 24.5 Å². The highest BCUT2D eigenvalue weighted by Crippen LogP contribution is 2.38. The summed E-state index contributed by atoms with van der Waals surface area (Å²) in [7, 11) is 1.49. The number of methoxy groups -OCH3 is 1. The third kappa shape index (κ3) is 4.16. The zero-order chi connectivity index (χ0) is 22.9. The van der Waals surface area contributed by atoms with Crippen molar-refractivity contribution >= 4 is 21.9 Å². The van der Waals surface area contributed by atoms with E-state index in [9.17, 15) is 20.1 Å². The van der Waals surface area contributed by atoms with Crippen LogP contribution in [-0.4, -0.2) is 22.4 Å². The molecule has 31 heavy (non-hydrogen) atoms. The Labute approximate surface area is 180 Å². The molecule has 0 aliphatic heterocycles. The summed E-state index contributed by atoms with van der Waals surface area (Å²) >= 11 is 0. The molecule has 6 nitrogen and oxygen atoms in total. The second-order valence-electron chi connectivity index (χ2n) is 8.07. The maximum Gasteiger partial charge on any atom is 0.204 e. The van der Waals surface area contributed by atoms with Gasteiger partial charge in [-0.2, -0.15) is 0 Å². The first kappa shape index (κ1) is 22.4. The van der Waals surface area contributed by atoms with Gasteiger partial charge in [0.2, 0.25) is 5.43 Å². The standard InChI is InChI=1S/C25H28O6/c1-13(2)6-8-15-17(12-26)18(27)10-20-22(15)25(29)23-21(31-20)11-19(30-5)16(24(23)28)9-7-14(3)4/h6-7,10-11,26-28H,8-9,12H2,1-5H3. The number of fused-ring (bicyclic) bond motifs is 2. The summed E-state index contributed by atoms with van der Waals surface area (Å²) < 4.78 is 11.4. The number of allylic oxidation sites excluding steroid dienone is 4. The maximum atomic E-state index is 13.6. The Bertz CT molecular complexity index is 1270. The molecule has 0 radical (unpaired) electrons. The van der Waals surface area contributed by atoms with E-state index in [2.05, 4.69) is 0 Å². The van der Waals surface area contributed by atoms with Crippen molar-refractivity contribution in [2.45, 2.75) is 47.1 Å². The minimum absolute atomic E-state index is 0.0542. The molecule has 2 aromatic carbocycles. The van der Waals surface area contributed by atoms with Crippen LogP contribution in [0.25, 0.3) is 21.9 Å². The number of ether oxygens (including phenoxy) is 1. The first-order chi connectivity index (χ1) is 14.7. The van der Waals surface area contributed by atoms with Gasteiger partial charge in [0.05, 0.1) is 19.1 Å². The number of aromatic hydroxyl groups is 2. The van der Waals surface area contributed by atoms with E-state index in [1.165, 1.54) is 13.2 Å². The van der Waals surface area contributed by atoms with E-state index in [0.717, 1.165) is 11.1 Å². The Balaban J connectivity index is 2.47. The molecule has 0 aliphatic carbocycles. The lowest BCUT2D eigenvalue weighted by Gasteiger charge is -2.15. The van der Waals surface area contributed by atoms with Gasteiger partial charge in [0.15, 0.2) is 0 Å². The average molecular weight is 424 g/mol. The van der Waals surface area contributed by atoms with Crippen molar-refractivity contribution in [3.05, 3.63) is 62.3 Å². The van der Waals surface area contributed by atoms with Crippen LogP contribution in [0.3, 0.4) is 0 Å². The van der Waals surface area contributed by atoms with Crippen molar-refractivity contribution in [1.29, 1.82) is 0 Å². The van der Waals surface area contributed by atoms with Crippen LogP contribution < -0.4 is 10.2 Å². The molecule has 0 spiro atoms. The number of phenols is 2. The lowest BCUT2D eigenvalue weighted by Crippen LogP contribution is -2.09. The molecule has 1 aromatic heterocycles. The fourth-order valence-electron chi connectivity index (χ4n) is 3.67. The number of aliphatic hydroxyl groups is 1. The summed E-state index contributed by atoms with van der Waals surface area (Å²) in [6, 6.07) is 2.91. The number of hydrogen-bond acceptors (Lipinski definition) is 6. The van der Waals surface area contributed by atoms with Gasteiger partial charge >= 0.3 is 0 Å². The van der Waals surface area contributed by atoms with Gasteiger partial charge in [-0.1, -0.05) is 23.3 Å². The van der Waals surface area contributed by atoms with E-state index in [0.29, 0.717) is 29.7 Å². The van der Waals surface area contributed by atoms with Gasteiger partial charge < -0.3 is 24.5 Å². The van der Waals surface area contributed by atoms with E-state index < -0.39 is 12.0 Å². The summed E-state index contributed by atoms with van der Waals surface area (Å²) in [5.74, 6) is 0.0753. The van der Waals surface area contributed by atoms with Crippen molar-refractivity contribution in [3.63, 3.8) is 0 Å². The molecule has 0 fully saturated rings. The van der Waals surface area contributed by atoms with Crippen LogP contribution >= 0.6 is 0 Å². The number of benzene rings is 2.